The molecule has 1 amide bonds. The quantitative estimate of drug-likeness (QED) is 0.832. The van der Waals surface area contributed by atoms with E-state index in [0.29, 0.717) is 6.42 Å². The van der Waals surface area contributed by atoms with E-state index in [1.54, 1.807) is 7.11 Å². The van der Waals surface area contributed by atoms with E-state index in [9.17, 15) is 4.79 Å². The molecule has 1 aromatic rings. The molecular weight excluding hydrogens is 304 g/mol. The van der Waals surface area contributed by atoms with Crippen molar-refractivity contribution in [1.82, 2.24) is 4.90 Å². The van der Waals surface area contributed by atoms with Gasteiger partial charge in [0.2, 0.25) is 5.91 Å². The zero-order valence-corrected chi connectivity index (χ0v) is 14.6. The molecule has 24 heavy (non-hydrogen) atoms. The number of carbonyl (C=O) groups excluding carboxylic acids is 1. The summed E-state index contributed by atoms with van der Waals surface area (Å²) in [5.41, 5.74) is 1.69. The largest absolute Gasteiger partial charge is 0.496 e. The van der Waals surface area contributed by atoms with Crippen molar-refractivity contribution in [2.45, 2.75) is 51.0 Å². The first kappa shape index (κ1) is 16.8. The molecule has 0 N–H and O–H groups in total. The first-order valence-electron chi connectivity index (χ1n) is 8.84. The van der Waals surface area contributed by atoms with Gasteiger partial charge in [-0.1, -0.05) is 30.6 Å². The topological polar surface area (TPSA) is 51.1 Å². The molecule has 0 radical (unpaired) electrons. The Morgan fingerprint density at radius 3 is 2.79 bits per heavy atom. The highest BCUT2D eigenvalue weighted by Gasteiger charge is 2.43. The molecule has 2 aliphatic rings. The molecule has 3 rings (SSSR count). The number of unbranched alkanes of at least 4 members (excludes halogenated alkanes) is 1. The first-order chi connectivity index (χ1) is 11.7. The summed E-state index contributed by atoms with van der Waals surface area (Å²) >= 11 is 0. The van der Waals surface area contributed by atoms with Crippen molar-refractivity contribution in [2.75, 3.05) is 20.2 Å². The fourth-order valence-electron chi connectivity index (χ4n) is 3.47. The Kier molecular flexibility index (Phi) is 5.07. The van der Waals surface area contributed by atoms with Crippen molar-refractivity contribution in [3.63, 3.8) is 0 Å². The maximum Gasteiger partial charge on any atom is 0.222 e. The second-order valence-electron chi connectivity index (χ2n) is 6.67. The number of benzene rings is 1. The van der Waals surface area contributed by atoms with Crippen LogP contribution in [0.5, 0.6) is 5.75 Å². The lowest BCUT2D eigenvalue weighted by molar-refractivity contribution is -0.137. The van der Waals surface area contributed by atoms with Crippen LogP contribution in [0.25, 0.3) is 0 Å². The number of ether oxygens (including phenoxy) is 1. The molecule has 0 unspecified atom stereocenters. The molecule has 1 saturated heterocycles. The highest BCUT2D eigenvalue weighted by Crippen LogP contribution is 2.37. The van der Waals surface area contributed by atoms with Gasteiger partial charge in [0.05, 0.1) is 12.8 Å². The zero-order chi connectivity index (χ0) is 17.0. The lowest BCUT2D eigenvalue weighted by Gasteiger charge is -2.37. The molecule has 0 aromatic heterocycles. The lowest BCUT2D eigenvalue weighted by Crippen LogP contribution is -2.46. The van der Waals surface area contributed by atoms with Crippen LogP contribution in [0, 0.1) is 0 Å². The molecule has 130 valence electrons. The molecule has 1 spiro atoms. The van der Waals surface area contributed by atoms with E-state index in [4.69, 9.17) is 9.57 Å². The zero-order valence-electron chi connectivity index (χ0n) is 14.6. The number of amides is 1. The average molecular weight is 330 g/mol. The number of hydrogen-bond acceptors (Lipinski definition) is 4. The fraction of sp³-hybridized carbons (Fsp3) is 0.579. The Hall–Kier alpha value is -2.04. The Balaban J connectivity index is 1.60. The van der Waals surface area contributed by atoms with Crippen LogP contribution in [0.2, 0.25) is 0 Å². The number of likely N-dealkylation sites (tertiary alicyclic amines) is 1. The van der Waals surface area contributed by atoms with E-state index in [1.165, 1.54) is 0 Å². The lowest BCUT2D eigenvalue weighted by atomic mass is 9.85. The predicted octanol–water partition coefficient (Wildman–Crippen LogP) is 3.37. The number of nitrogens with zero attached hydrogens (tertiary/aromatic N) is 2. The van der Waals surface area contributed by atoms with Crippen molar-refractivity contribution in [3.05, 3.63) is 29.8 Å². The maximum atomic E-state index is 12.2. The summed E-state index contributed by atoms with van der Waals surface area (Å²) in [6.45, 7) is 3.64. The van der Waals surface area contributed by atoms with Crippen LogP contribution in [0.3, 0.4) is 0 Å². The molecule has 0 aliphatic carbocycles. The number of oxime groups is 1. The molecule has 0 atom stereocenters. The van der Waals surface area contributed by atoms with Crippen molar-refractivity contribution in [1.29, 1.82) is 0 Å². The number of carbonyl (C=O) groups is 1. The van der Waals surface area contributed by atoms with Gasteiger partial charge in [0.1, 0.15) is 11.4 Å². The van der Waals surface area contributed by atoms with Crippen molar-refractivity contribution in [2.24, 2.45) is 5.16 Å². The number of rotatable bonds is 5. The SMILES string of the molecule is CCCCC(=O)N1CCC2(CC1)CC(c1ccccc1OC)=NO2. The standard InChI is InChI=1S/C19H26N2O3/c1-3-4-9-18(22)21-12-10-19(11-13-21)14-16(20-24-19)15-7-5-6-8-17(15)23-2/h5-8H,3-4,9-14H2,1-2H3. The van der Waals surface area contributed by atoms with Crippen LogP contribution < -0.4 is 4.74 Å². The van der Waals surface area contributed by atoms with E-state index in [1.807, 2.05) is 29.2 Å². The summed E-state index contributed by atoms with van der Waals surface area (Å²) < 4.78 is 5.43. The number of hydrogen-bond donors (Lipinski definition) is 0. The Morgan fingerprint density at radius 2 is 2.08 bits per heavy atom. The molecule has 2 heterocycles. The van der Waals surface area contributed by atoms with Crippen LogP contribution in [0.15, 0.2) is 29.4 Å². The average Bonchev–Trinajstić information content (AvgIpc) is 3.03. The smallest absolute Gasteiger partial charge is 0.222 e. The van der Waals surface area contributed by atoms with Crippen LogP contribution >= 0.6 is 0 Å². The normalized spacial score (nSPS) is 19.1. The van der Waals surface area contributed by atoms with Gasteiger partial charge in [-0.05, 0) is 18.6 Å². The second kappa shape index (κ2) is 7.24. The van der Waals surface area contributed by atoms with E-state index >= 15 is 0 Å². The Labute approximate surface area is 143 Å². The number of para-hydroxylation sites is 1. The molecule has 5 nitrogen and oxygen atoms in total. The molecule has 0 saturated carbocycles. The fourth-order valence-corrected chi connectivity index (χ4v) is 3.47. The minimum absolute atomic E-state index is 0.252. The maximum absolute atomic E-state index is 12.2. The van der Waals surface area contributed by atoms with Gasteiger partial charge in [-0.15, -0.1) is 0 Å². The van der Waals surface area contributed by atoms with Gasteiger partial charge in [-0.25, -0.2) is 0 Å². The molecule has 1 fully saturated rings. The summed E-state index contributed by atoms with van der Waals surface area (Å²) in [4.78, 5) is 20.0. The van der Waals surface area contributed by atoms with Crippen LogP contribution in [-0.2, 0) is 9.63 Å². The number of methoxy groups -OCH3 is 1. The van der Waals surface area contributed by atoms with Gasteiger partial charge < -0.3 is 14.5 Å². The molecular formula is C19H26N2O3. The van der Waals surface area contributed by atoms with E-state index < -0.39 is 0 Å². The monoisotopic (exact) mass is 330 g/mol. The van der Waals surface area contributed by atoms with Crippen LogP contribution in [0.4, 0.5) is 0 Å². The van der Waals surface area contributed by atoms with Gasteiger partial charge in [-0.3, -0.25) is 4.79 Å². The third kappa shape index (κ3) is 3.40. The molecule has 5 heteroatoms. The summed E-state index contributed by atoms with van der Waals surface area (Å²) in [5, 5.41) is 4.34. The third-order valence-corrected chi connectivity index (χ3v) is 5.03. The third-order valence-electron chi connectivity index (χ3n) is 5.03. The van der Waals surface area contributed by atoms with Gasteiger partial charge in [0.25, 0.3) is 0 Å². The number of piperidine rings is 1. The van der Waals surface area contributed by atoms with Crippen molar-refractivity contribution >= 4 is 11.6 Å². The van der Waals surface area contributed by atoms with E-state index in [-0.39, 0.29) is 11.5 Å². The predicted molar refractivity (Wildman–Crippen MR) is 93.3 cm³/mol. The highest BCUT2D eigenvalue weighted by molar-refractivity contribution is 6.03. The van der Waals surface area contributed by atoms with Crippen LogP contribution in [0.1, 0.15) is 51.0 Å². The first-order valence-corrected chi connectivity index (χ1v) is 8.84. The molecule has 2 aliphatic heterocycles. The van der Waals surface area contributed by atoms with Gasteiger partial charge in [0, 0.05) is 44.3 Å². The highest BCUT2D eigenvalue weighted by atomic mass is 16.7. The Bertz CT molecular complexity index is 619. The molecule has 0 bridgehead atoms. The minimum Gasteiger partial charge on any atom is -0.496 e. The minimum atomic E-state index is -0.252. The van der Waals surface area contributed by atoms with Crippen LogP contribution in [-0.4, -0.2) is 42.3 Å². The van der Waals surface area contributed by atoms with E-state index in [0.717, 1.165) is 62.2 Å². The van der Waals surface area contributed by atoms with Crippen molar-refractivity contribution in [3.8, 4) is 5.75 Å². The summed E-state index contributed by atoms with van der Waals surface area (Å²) in [5.74, 6) is 1.10. The van der Waals surface area contributed by atoms with Gasteiger partial charge in [-0.2, -0.15) is 0 Å². The Morgan fingerprint density at radius 1 is 1.33 bits per heavy atom. The van der Waals surface area contributed by atoms with Crippen molar-refractivity contribution < 1.29 is 14.4 Å². The summed E-state index contributed by atoms with van der Waals surface area (Å²) in [6, 6.07) is 7.90. The summed E-state index contributed by atoms with van der Waals surface area (Å²) in [6.07, 6.45) is 5.15. The van der Waals surface area contributed by atoms with Gasteiger partial charge >= 0.3 is 0 Å². The van der Waals surface area contributed by atoms with E-state index in [2.05, 4.69) is 12.1 Å². The van der Waals surface area contributed by atoms with Gasteiger partial charge in [0.15, 0.2) is 0 Å². The second-order valence-corrected chi connectivity index (χ2v) is 6.67. The summed E-state index contributed by atoms with van der Waals surface area (Å²) in [7, 11) is 1.67. The molecule has 1 aromatic carbocycles.